The number of nitrogens with zero attached hydrogens (tertiary/aromatic N) is 2. The summed E-state index contributed by atoms with van der Waals surface area (Å²) in [6.45, 7) is 0. The van der Waals surface area contributed by atoms with Crippen molar-refractivity contribution in [1.82, 2.24) is 4.98 Å². The Morgan fingerprint density at radius 1 is 1.46 bits per heavy atom. The third-order valence-electron chi connectivity index (χ3n) is 1.69. The molecule has 0 saturated heterocycles. The topological polar surface area (TPSA) is 58.6 Å². The van der Waals surface area contributed by atoms with Crippen LogP contribution in [0.3, 0.4) is 0 Å². The second-order valence-corrected chi connectivity index (χ2v) is 2.58. The average molecular weight is 176 g/mol. The molecular formula is C9H8N2O2. The number of benzene rings is 1. The molecule has 13 heavy (non-hydrogen) atoms. The fourth-order valence-electron chi connectivity index (χ4n) is 1.13. The van der Waals surface area contributed by atoms with Crippen molar-refractivity contribution < 1.29 is 9.62 Å². The summed E-state index contributed by atoms with van der Waals surface area (Å²) in [7, 11) is 0. The number of para-hydroxylation sites is 2. The van der Waals surface area contributed by atoms with Gasteiger partial charge in [0.25, 0.3) is 0 Å². The van der Waals surface area contributed by atoms with Gasteiger partial charge in [-0.2, -0.15) is 0 Å². The molecule has 0 bridgehead atoms. The maximum Gasteiger partial charge on any atom is 0.200 e. The van der Waals surface area contributed by atoms with E-state index in [4.69, 9.17) is 9.62 Å². The summed E-state index contributed by atoms with van der Waals surface area (Å²) in [4.78, 5) is 4.18. The van der Waals surface area contributed by atoms with Crippen LogP contribution in [-0.4, -0.2) is 16.4 Å². The van der Waals surface area contributed by atoms with Crippen molar-refractivity contribution in [1.29, 1.82) is 0 Å². The summed E-state index contributed by atoms with van der Waals surface area (Å²) in [6, 6.07) is 7.51. The third-order valence-corrected chi connectivity index (χ3v) is 1.69. The summed E-state index contributed by atoms with van der Waals surface area (Å²) < 4.78 is 5.36. The zero-order valence-electron chi connectivity index (χ0n) is 6.84. The molecule has 0 unspecified atom stereocenters. The van der Waals surface area contributed by atoms with Crippen LogP contribution >= 0.6 is 0 Å². The van der Waals surface area contributed by atoms with Crippen LogP contribution in [-0.2, 0) is 6.42 Å². The summed E-state index contributed by atoms with van der Waals surface area (Å²) in [5.41, 5.74) is 1.58. The first-order valence-corrected chi connectivity index (χ1v) is 3.90. The lowest BCUT2D eigenvalue weighted by Gasteiger charge is -1.82. The van der Waals surface area contributed by atoms with Gasteiger partial charge in [-0.1, -0.05) is 12.1 Å². The van der Waals surface area contributed by atoms with Gasteiger partial charge in [-0.15, -0.1) is 5.16 Å². The number of oxazole rings is 1. The van der Waals surface area contributed by atoms with Gasteiger partial charge >= 0.3 is 0 Å². The zero-order valence-corrected chi connectivity index (χ0v) is 6.84. The van der Waals surface area contributed by atoms with Crippen LogP contribution in [0.4, 0.5) is 0 Å². The molecular weight excluding hydrogens is 168 g/mol. The van der Waals surface area contributed by atoms with Gasteiger partial charge < -0.3 is 9.62 Å². The fourth-order valence-corrected chi connectivity index (χ4v) is 1.13. The lowest BCUT2D eigenvalue weighted by molar-refractivity contribution is 0.320. The highest BCUT2D eigenvalue weighted by Crippen LogP contribution is 2.14. The molecule has 1 aromatic heterocycles. The Kier molecular flexibility index (Phi) is 1.96. The van der Waals surface area contributed by atoms with E-state index in [1.54, 1.807) is 0 Å². The van der Waals surface area contributed by atoms with Crippen molar-refractivity contribution in [2.24, 2.45) is 5.16 Å². The summed E-state index contributed by atoms with van der Waals surface area (Å²) >= 11 is 0. The maximum atomic E-state index is 8.20. The Bertz CT molecular complexity index is 401. The minimum absolute atomic E-state index is 0.408. The predicted molar refractivity (Wildman–Crippen MR) is 48.0 cm³/mol. The number of hydrogen-bond donors (Lipinski definition) is 1. The molecule has 4 heteroatoms. The van der Waals surface area contributed by atoms with E-state index in [1.165, 1.54) is 6.21 Å². The number of hydrogen-bond acceptors (Lipinski definition) is 4. The Hall–Kier alpha value is -1.84. The first-order chi connectivity index (χ1) is 6.40. The number of fused-ring (bicyclic) bond motifs is 1. The van der Waals surface area contributed by atoms with E-state index in [0.29, 0.717) is 12.3 Å². The van der Waals surface area contributed by atoms with E-state index in [2.05, 4.69) is 10.1 Å². The molecule has 0 amide bonds. The van der Waals surface area contributed by atoms with Gasteiger partial charge in [0.05, 0.1) is 12.6 Å². The number of oxime groups is 1. The van der Waals surface area contributed by atoms with Crippen LogP contribution in [0.5, 0.6) is 0 Å². The molecule has 0 atom stereocenters. The predicted octanol–water partition coefficient (Wildman–Crippen LogP) is 1.83. The highest BCUT2D eigenvalue weighted by atomic mass is 16.4. The van der Waals surface area contributed by atoms with Crippen molar-refractivity contribution in [3.63, 3.8) is 0 Å². The molecule has 1 aromatic carbocycles. The lowest BCUT2D eigenvalue weighted by Crippen LogP contribution is -1.84. The smallest absolute Gasteiger partial charge is 0.200 e. The van der Waals surface area contributed by atoms with Gasteiger partial charge in [-0.05, 0) is 12.1 Å². The molecule has 0 aliphatic heterocycles. The molecule has 1 heterocycles. The Labute approximate surface area is 74.5 Å². The van der Waals surface area contributed by atoms with Crippen molar-refractivity contribution in [2.45, 2.75) is 6.42 Å². The van der Waals surface area contributed by atoms with Gasteiger partial charge in [0.2, 0.25) is 5.89 Å². The molecule has 0 aliphatic carbocycles. The van der Waals surface area contributed by atoms with E-state index in [1.807, 2.05) is 24.3 Å². The second-order valence-electron chi connectivity index (χ2n) is 2.58. The largest absolute Gasteiger partial charge is 0.440 e. The summed E-state index contributed by atoms with van der Waals surface area (Å²) in [6.07, 6.45) is 1.75. The van der Waals surface area contributed by atoms with Crippen LogP contribution in [0.25, 0.3) is 11.1 Å². The summed E-state index contributed by atoms with van der Waals surface area (Å²) in [5, 5.41) is 11.1. The van der Waals surface area contributed by atoms with Crippen molar-refractivity contribution in [3.8, 4) is 0 Å². The Morgan fingerprint density at radius 3 is 3.08 bits per heavy atom. The molecule has 2 aromatic rings. The molecule has 0 fully saturated rings. The molecule has 66 valence electrons. The molecule has 1 N–H and O–H groups in total. The second kappa shape index (κ2) is 3.26. The van der Waals surface area contributed by atoms with Crippen molar-refractivity contribution in [3.05, 3.63) is 30.2 Å². The highest BCUT2D eigenvalue weighted by molar-refractivity contribution is 5.73. The van der Waals surface area contributed by atoms with Gasteiger partial charge in [-0.25, -0.2) is 4.98 Å². The van der Waals surface area contributed by atoms with E-state index >= 15 is 0 Å². The van der Waals surface area contributed by atoms with E-state index in [9.17, 15) is 0 Å². The Morgan fingerprint density at radius 2 is 2.31 bits per heavy atom. The van der Waals surface area contributed by atoms with Gasteiger partial charge in [0.1, 0.15) is 5.52 Å². The Balaban J connectivity index is 2.38. The number of aromatic nitrogens is 1. The first kappa shape index (κ1) is 7.79. The van der Waals surface area contributed by atoms with E-state index < -0.39 is 0 Å². The minimum Gasteiger partial charge on any atom is -0.440 e. The van der Waals surface area contributed by atoms with Crippen molar-refractivity contribution >= 4 is 17.3 Å². The molecule has 2 rings (SSSR count). The van der Waals surface area contributed by atoms with E-state index in [-0.39, 0.29) is 0 Å². The lowest BCUT2D eigenvalue weighted by atomic mass is 10.3. The SMILES string of the molecule is ON=CCc1nc2ccccc2o1. The van der Waals surface area contributed by atoms with Crippen LogP contribution < -0.4 is 0 Å². The molecule has 0 radical (unpaired) electrons. The molecule has 4 nitrogen and oxygen atoms in total. The standard InChI is InChI=1S/C9H8N2O2/c12-10-6-5-9-11-7-3-1-2-4-8(7)13-9/h1-4,6,12H,5H2. The van der Waals surface area contributed by atoms with Gasteiger partial charge in [-0.3, -0.25) is 0 Å². The maximum absolute atomic E-state index is 8.20. The van der Waals surface area contributed by atoms with Crippen LogP contribution in [0.15, 0.2) is 33.8 Å². The van der Waals surface area contributed by atoms with Crippen LogP contribution in [0, 0.1) is 0 Å². The van der Waals surface area contributed by atoms with Crippen LogP contribution in [0.1, 0.15) is 5.89 Å². The molecule has 0 saturated carbocycles. The van der Waals surface area contributed by atoms with Gasteiger partial charge in [0, 0.05) is 0 Å². The zero-order chi connectivity index (χ0) is 9.10. The third kappa shape index (κ3) is 1.51. The minimum atomic E-state index is 0.408. The molecule has 0 spiro atoms. The summed E-state index contributed by atoms with van der Waals surface area (Å²) in [5.74, 6) is 0.555. The van der Waals surface area contributed by atoms with E-state index in [0.717, 1.165) is 11.1 Å². The van der Waals surface area contributed by atoms with Crippen LogP contribution in [0.2, 0.25) is 0 Å². The quantitative estimate of drug-likeness (QED) is 0.431. The normalized spacial score (nSPS) is 11.4. The number of rotatable bonds is 2. The van der Waals surface area contributed by atoms with Crippen molar-refractivity contribution in [2.75, 3.05) is 0 Å². The molecule has 0 aliphatic rings. The first-order valence-electron chi connectivity index (χ1n) is 3.90. The fraction of sp³-hybridized carbons (Fsp3) is 0.111. The highest BCUT2D eigenvalue weighted by Gasteiger charge is 2.02. The monoisotopic (exact) mass is 176 g/mol. The van der Waals surface area contributed by atoms with Gasteiger partial charge in [0.15, 0.2) is 5.58 Å². The average Bonchev–Trinajstić information content (AvgIpc) is 2.57.